The van der Waals surface area contributed by atoms with Crippen LogP contribution in [0.15, 0.2) is 48.7 Å². The van der Waals surface area contributed by atoms with E-state index in [-0.39, 0.29) is 11.6 Å². The van der Waals surface area contributed by atoms with Gasteiger partial charge in [0.1, 0.15) is 23.2 Å². The molecule has 0 amide bonds. The molecule has 0 aliphatic rings. The lowest BCUT2D eigenvalue weighted by Gasteiger charge is -2.04. The summed E-state index contributed by atoms with van der Waals surface area (Å²) in [6.45, 7) is 0. The Morgan fingerprint density at radius 3 is 2.62 bits per heavy atom. The minimum Gasteiger partial charge on any atom is -0.383 e. The number of benzene rings is 1. The van der Waals surface area contributed by atoms with Gasteiger partial charge in [-0.05, 0) is 42.5 Å². The van der Waals surface area contributed by atoms with Gasteiger partial charge in [0.05, 0.1) is 16.8 Å². The molecule has 0 atom stereocenters. The molecule has 3 aromatic heterocycles. The largest absolute Gasteiger partial charge is 0.383 e. The monoisotopic (exact) mass is 364 g/mol. The third kappa shape index (κ3) is 2.53. The summed E-state index contributed by atoms with van der Waals surface area (Å²) < 4.78 is 14.5. The summed E-state index contributed by atoms with van der Waals surface area (Å²) in [7, 11) is 0. The molecule has 8 heteroatoms. The second kappa shape index (κ2) is 6.10. The first-order valence-electron chi connectivity index (χ1n) is 7.55. The second-order valence-electron chi connectivity index (χ2n) is 5.50. The van der Waals surface area contributed by atoms with Crippen LogP contribution >= 0.6 is 11.8 Å². The van der Waals surface area contributed by atoms with Gasteiger partial charge in [0, 0.05) is 23.5 Å². The van der Waals surface area contributed by atoms with Gasteiger partial charge in [0.25, 0.3) is 0 Å². The number of nitrogens with two attached hydrogens (primary N) is 1. The van der Waals surface area contributed by atoms with E-state index in [1.54, 1.807) is 36.5 Å². The van der Waals surface area contributed by atoms with Gasteiger partial charge in [-0.15, -0.1) is 0 Å². The van der Waals surface area contributed by atoms with Gasteiger partial charge in [0.2, 0.25) is 0 Å². The van der Waals surface area contributed by atoms with Gasteiger partial charge in [-0.1, -0.05) is 0 Å². The zero-order valence-electron chi connectivity index (χ0n) is 13.2. The molecule has 4 rings (SSSR count). The van der Waals surface area contributed by atoms with Gasteiger partial charge in [-0.3, -0.25) is 0 Å². The van der Waals surface area contributed by atoms with Crippen molar-refractivity contribution >= 4 is 28.8 Å². The molecule has 0 saturated carbocycles. The van der Waals surface area contributed by atoms with Crippen LogP contribution in [-0.4, -0.2) is 19.0 Å². The molecular formula is C18H10ClFN6. The molecule has 4 aromatic rings. The summed E-state index contributed by atoms with van der Waals surface area (Å²) in [4.78, 5) is 13.0. The molecule has 6 nitrogen and oxygen atoms in total. The highest BCUT2D eigenvalue weighted by Crippen LogP contribution is 2.31. The fourth-order valence-corrected chi connectivity index (χ4v) is 2.92. The lowest BCUT2D eigenvalue weighted by Crippen LogP contribution is -1.97. The molecule has 2 N–H and O–H groups in total. The van der Waals surface area contributed by atoms with Crippen molar-refractivity contribution in [2.24, 2.45) is 0 Å². The number of halogens is 2. The Morgan fingerprint density at radius 1 is 1.15 bits per heavy atom. The van der Waals surface area contributed by atoms with E-state index < -0.39 is 0 Å². The van der Waals surface area contributed by atoms with Crippen molar-refractivity contribution in [1.82, 2.24) is 19.0 Å². The lowest BCUT2D eigenvalue weighted by atomic mass is 10.1. The Kier molecular flexibility index (Phi) is 3.75. The molecule has 1 aromatic carbocycles. The molecule has 0 aliphatic heterocycles. The SMILES string of the molecule is N#Cc1cc2nc(-c3cccnc3N)n(Cl)c2nc1-c1ccc(F)cc1. The van der Waals surface area contributed by atoms with E-state index in [2.05, 4.69) is 21.0 Å². The number of nitrogens with zero attached hydrogens (tertiary/aromatic N) is 5. The summed E-state index contributed by atoms with van der Waals surface area (Å²) >= 11 is 6.41. The van der Waals surface area contributed by atoms with Crippen LogP contribution in [0.5, 0.6) is 0 Å². The average Bonchev–Trinajstić information content (AvgIpc) is 2.97. The molecule has 126 valence electrons. The molecule has 0 radical (unpaired) electrons. The molecule has 0 bridgehead atoms. The summed E-state index contributed by atoms with van der Waals surface area (Å²) in [5.74, 6) is 0.286. The molecule has 0 spiro atoms. The van der Waals surface area contributed by atoms with E-state index in [4.69, 9.17) is 17.5 Å². The normalized spacial score (nSPS) is 10.8. The van der Waals surface area contributed by atoms with Crippen molar-refractivity contribution in [1.29, 1.82) is 5.26 Å². The Balaban J connectivity index is 1.97. The van der Waals surface area contributed by atoms with Gasteiger partial charge >= 0.3 is 0 Å². The predicted octanol–water partition coefficient (Wildman–Crippen LogP) is 3.76. The smallest absolute Gasteiger partial charge is 0.176 e. The molecule has 0 aliphatic carbocycles. The fraction of sp³-hybridized carbons (Fsp3) is 0. The Labute approximate surface area is 152 Å². The number of fused-ring (bicyclic) bond motifs is 1. The third-order valence-corrected chi connectivity index (χ3v) is 4.22. The Morgan fingerprint density at radius 2 is 1.92 bits per heavy atom. The van der Waals surface area contributed by atoms with Crippen LogP contribution in [0.4, 0.5) is 10.2 Å². The third-order valence-electron chi connectivity index (χ3n) is 3.90. The number of nitrogen functional groups attached to an aromatic ring is 1. The van der Waals surface area contributed by atoms with Crippen LogP contribution < -0.4 is 5.73 Å². The van der Waals surface area contributed by atoms with Crippen LogP contribution in [-0.2, 0) is 0 Å². The van der Waals surface area contributed by atoms with Crippen LogP contribution in [0.3, 0.4) is 0 Å². The molecule has 26 heavy (non-hydrogen) atoms. The zero-order chi connectivity index (χ0) is 18.3. The van der Waals surface area contributed by atoms with E-state index >= 15 is 0 Å². The fourth-order valence-electron chi connectivity index (χ4n) is 2.66. The lowest BCUT2D eigenvalue weighted by molar-refractivity contribution is 0.628. The number of imidazole rings is 1. The maximum atomic E-state index is 13.2. The number of nitriles is 1. The highest BCUT2D eigenvalue weighted by Gasteiger charge is 2.18. The maximum absolute atomic E-state index is 13.2. The van der Waals surface area contributed by atoms with Crippen molar-refractivity contribution in [3.05, 3.63) is 60.0 Å². The Hall–Kier alpha value is -3.50. The number of aromatic nitrogens is 4. The molecule has 0 fully saturated rings. The summed E-state index contributed by atoms with van der Waals surface area (Å²) in [5.41, 5.74) is 8.58. The number of hydrogen-bond acceptors (Lipinski definition) is 5. The van der Waals surface area contributed by atoms with E-state index in [9.17, 15) is 9.65 Å². The van der Waals surface area contributed by atoms with Crippen LogP contribution in [0.25, 0.3) is 33.8 Å². The van der Waals surface area contributed by atoms with Crippen LogP contribution in [0, 0.1) is 17.1 Å². The first-order valence-corrected chi connectivity index (χ1v) is 7.89. The van der Waals surface area contributed by atoms with E-state index in [0.717, 1.165) is 0 Å². The van der Waals surface area contributed by atoms with Gasteiger partial charge in [-0.25, -0.2) is 23.4 Å². The van der Waals surface area contributed by atoms with E-state index in [1.807, 2.05) is 0 Å². The number of anilines is 1. The highest BCUT2D eigenvalue weighted by atomic mass is 35.5. The van der Waals surface area contributed by atoms with Gasteiger partial charge in [-0.2, -0.15) is 5.26 Å². The van der Waals surface area contributed by atoms with Crippen molar-refractivity contribution in [3.8, 4) is 28.7 Å². The van der Waals surface area contributed by atoms with Crippen molar-refractivity contribution in [2.75, 3.05) is 5.73 Å². The topological polar surface area (TPSA) is 93.4 Å². The highest BCUT2D eigenvalue weighted by molar-refractivity contribution is 6.20. The van der Waals surface area contributed by atoms with Crippen LogP contribution in [0.2, 0.25) is 0 Å². The van der Waals surface area contributed by atoms with Crippen molar-refractivity contribution in [3.63, 3.8) is 0 Å². The average molecular weight is 365 g/mol. The van der Waals surface area contributed by atoms with E-state index in [1.165, 1.54) is 16.2 Å². The second-order valence-corrected chi connectivity index (χ2v) is 5.84. The number of pyridine rings is 2. The van der Waals surface area contributed by atoms with Crippen molar-refractivity contribution < 1.29 is 4.39 Å². The minimum absolute atomic E-state index is 0.281. The first-order chi connectivity index (χ1) is 12.6. The quantitative estimate of drug-likeness (QED) is 0.584. The van der Waals surface area contributed by atoms with Crippen LogP contribution in [0.1, 0.15) is 5.56 Å². The number of rotatable bonds is 2. The molecule has 3 heterocycles. The molecule has 0 unspecified atom stereocenters. The Bertz CT molecular complexity index is 1180. The summed E-state index contributed by atoms with van der Waals surface area (Å²) in [5, 5.41) is 9.47. The standard InChI is InChI=1S/C18H10ClFN6/c19-26-17(13-2-1-7-23-16(13)22)24-14-8-11(9-21)15(25-18(14)26)10-3-5-12(20)6-4-10/h1-8H,(H2,22,23). The summed E-state index contributed by atoms with van der Waals surface area (Å²) in [6, 6.07) is 12.9. The molecular weight excluding hydrogens is 355 g/mol. The van der Waals surface area contributed by atoms with E-state index in [0.29, 0.717) is 39.4 Å². The summed E-state index contributed by atoms with van der Waals surface area (Å²) in [6.07, 6.45) is 1.57. The van der Waals surface area contributed by atoms with Gasteiger partial charge in [0.15, 0.2) is 11.5 Å². The first kappa shape index (κ1) is 16.0. The predicted molar refractivity (Wildman–Crippen MR) is 96.5 cm³/mol. The maximum Gasteiger partial charge on any atom is 0.176 e. The molecule has 0 saturated heterocycles. The number of hydrogen-bond donors (Lipinski definition) is 1. The van der Waals surface area contributed by atoms with Crippen molar-refractivity contribution in [2.45, 2.75) is 0 Å². The zero-order valence-corrected chi connectivity index (χ0v) is 13.9. The minimum atomic E-state index is -0.370. The van der Waals surface area contributed by atoms with Gasteiger partial charge < -0.3 is 5.73 Å².